The van der Waals surface area contributed by atoms with Crippen LogP contribution >= 0.6 is 0 Å². The molecule has 0 aromatic heterocycles. The second-order valence-electron chi connectivity index (χ2n) is 4.13. The predicted octanol–water partition coefficient (Wildman–Crippen LogP) is 0.427. The lowest BCUT2D eigenvalue weighted by molar-refractivity contribution is -0.136. The molecule has 0 saturated heterocycles. The molecule has 0 aromatic rings. The Morgan fingerprint density at radius 3 is 2.60 bits per heavy atom. The summed E-state index contributed by atoms with van der Waals surface area (Å²) < 4.78 is 25.1. The number of nitrogens with one attached hydrogen (secondary N) is 1. The first-order valence-electron chi connectivity index (χ1n) is 5.10. The fraction of sp³-hybridized carbons (Fsp3) is 0.889. The van der Waals surface area contributed by atoms with Crippen LogP contribution in [0.2, 0.25) is 0 Å². The number of hydrogen-bond donors (Lipinski definition) is 2. The van der Waals surface area contributed by atoms with Crippen LogP contribution < -0.4 is 4.72 Å². The summed E-state index contributed by atoms with van der Waals surface area (Å²) in [6, 6.07) is 0. The standard InChI is InChI=1S/C9H17NO4S/c1-7(8-2-3-8)6-10-15(13,14)5-4-9(11)12/h7-8,10H,2-6H2,1H3,(H,11,12). The van der Waals surface area contributed by atoms with Crippen LogP contribution in [-0.4, -0.2) is 31.8 Å². The Hall–Kier alpha value is -0.620. The fourth-order valence-electron chi connectivity index (χ4n) is 1.38. The van der Waals surface area contributed by atoms with Gasteiger partial charge in [0.05, 0.1) is 12.2 Å². The molecule has 88 valence electrons. The van der Waals surface area contributed by atoms with Crippen LogP contribution in [0.3, 0.4) is 0 Å². The van der Waals surface area contributed by atoms with Crippen LogP contribution in [0.1, 0.15) is 26.2 Å². The summed E-state index contributed by atoms with van der Waals surface area (Å²) in [5.74, 6) is -0.424. The van der Waals surface area contributed by atoms with Gasteiger partial charge in [-0.2, -0.15) is 0 Å². The summed E-state index contributed by atoms with van der Waals surface area (Å²) in [5.41, 5.74) is 0. The highest BCUT2D eigenvalue weighted by molar-refractivity contribution is 7.89. The predicted molar refractivity (Wildman–Crippen MR) is 55.9 cm³/mol. The maximum Gasteiger partial charge on any atom is 0.304 e. The zero-order chi connectivity index (χ0) is 11.5. The maximum atomic E-state index is 11.3. The van der Waals surface area contributed by atoms with Crippen LogP contribution in [-0.2, 0) is 14.8 Å². The molecule has 1 aliphatic carbocycles. The van der Waals surface area contributed by atoms with Crippen LogP contribution in [0, 0.1) is 11.8 Å². The summed E-state index contributed by atoms with van der Waals surface area (Å²) in [5, 5.41) is 8.36. The summed E-state index contributed by atoms with van der Waals surface area (Å²) in [7, 11) is -3.41. The highest BCUT2D eigenvalue weighted by atomic mass is 32.2. The van der Waals surface area contributed by atoms with E-state index in [1.54, 1.807) is 0 Å². The number of carbonyl (C=O) groups is 1. The molecule has 15 heavy (non-hydrogen) atoms. The molecule has 0 amide bonds. The molecule has 1 saturated carbocycles. The van der Waals surface area contributed by atoms with Crippen molar-refractivity contribution in [2.45, 2.75) is 26.2 Å². The molecule has 6 heteroatoms. The summed E-state index contributed by atoms with van der Waals surface area (Å²) >= 11 is 0. The highest BCUT2D eigenvalue weighted by Gasteiger charge is 2.28. The van der Waals surface area contributed by atoms with Crippen molar-refractivity contribution >= 4 is 16.0 Å². The van der Waals surface area contributed by atoms with Gasteiger partial charge in [-0.15, -0.1) is 0 Å². The minimum absolute atomic E-state index is 0.334. The zero-order valence-corrected chi connectivity index (χ0v) is 9.59. The molecule has 0 aliphatic heterocycles. The van der Waals surface area contributed by atoms with Crippen LogP contribution in [0.15, 0.2) is 0 Å². The van der Waals surface area contributed by atoms with E-state index >= 15 is 0 Å². The molecule has 0 radical (unpaired) electrons. The van der Waals surface area contributed by atoms with Gasteiger partial charge in [-0.05, 0) is 24.7 Å². The quantitative estimate of drug-likeness (QED) is 0.670. The minimum Gasteiger partial charge on any atom is -0.481 e. The number of sulfonamides is 1. The molecule has 5 nitrogen and oxygen atoms in total. The van der Waals surface area contributed by atoms with Gasteiger partial charge in [0, 0.05) is 6.54 Å². The molecule has 1 aliphatic rings. The largest absolute Gasteiger partial charge is 0.481 e. The van der Waals surface area contributed by atoms with Crippen molar-refractivity contribution in [1.29, 1.82) is 0 Å². The van der Waals surface area contributed by atoms with Crippen molar-refractivity contribution in [2.24, 2.45) is 11.8 Å². The topological polar surface area (TPSA) is 83.5 Å². The third-order valence-electron chi connectivity index (χ3n) is 2.64. The lowest BCUT2D eigenvalue weighted by Gasteiger charge is -2.11. The van der Waals surface area contributed by atoms with Crippen LogP contribution in [0.4, 0.5) is 0 Å². The summed E-state index contributed by atoms with van der Waals surface area (Å²) in [6.07, 6.45) is 2.02. The molecule has 1 atom stereocenters. The Labute approximate surface area is 89.9 Å². The molecule has 0 aromatic carbocycles. The first kappa shape index (κ1) is 12.4. The minimum atomic E-state index is -3.41. The third-order valence-corrected chi connectivity index (χ3v) is 3.98. The van der Waals surface area contributed by atoms with Crippen molar-refractivity contribution in [1.82, 2.24) is 4.72 Å². The molecular weight excluding hydrogens is 218 g/mol. The van der Waals surface area contributed by atoms with Crippen molar-refractivity contribution in [2.75, 3.05) is 12.3 Å². The van der Waals surface area contributed by atoms with Gasteiger partial charge in [0.1, 0.15) is 0 Å². The Morgan fingerprint density at radius 2 is 2.13 bits per heavy atom. The molecule has 0 spiro atoms. The lowest BCUT2D eigenvalue weighted by Crippen LogP contribution is -2.31. The smallest absolute Gasteiger partial charge is 0.304 e. The SMILES string of the molecule is CC(CNS(=O)(=O)CCC(=O)O)C1CC1. The number of carboxylic acid groups (broad SMARTS) is 1. The van der Waals surface area contributed by atoms with E-state index in [1.807, 2.05) is 6.92 Å². The first-order chi connectivity index (χ1) is 6.91. The van der Waals surface area contributed by atoms with E-state index in [1.165, 1.54) is 12.8 Å². The zero-order valence-electron chi connectivity index (χ0n) is 8.77. The van der Waals surface area contributed by atoms with Gasteiger partial charge in [0.25, 0.3) is 0 Å². The fourth-order valence-corrected chi connectivity index (χ4v) is 2.49. The average Bonchev–Trinajstić information content (AvgIpc) is 2.94. The number of carboxylic acids is 1. The highest BCUT2D eigenvalue weighted by Crippen LogP contribution is 2.36. The van der Waals surface area contributed by atoms with Gasteiger partial charge in [-0.25, -0.2) is 13.1 Å². The van der Waals surface area contributed by atoms with E-state index in [9.17, 15) is 13.2 Å². The van der Waals surface area contributed by atoms with E-state index in [2.05, 4.69) is 4.72 Å². The molecule has 1 rings (SSSR count). The van der Waals surface area contributed by atoms with E-state index in [-0.39, 0.29) is 12.2 Å². The molecular formula is C9H17NO4S. The van der Waals surface area contributed by atoms with Crippen LogP contribution in [0.5, 0.6) is 0 Å². The number of aliphatic carboxylic acids is 1. The van der Waals surface area contributed by atoms with E-state index in [0.29, 0.717) is 18.4 Å². The molecule has 2 N–H and O–H groups in total. The Balaban J connectivity index is 2.25. The van der Waals surface area contributed by atoms with E-state index < -0.39 is 16.0 Å². The second-order valence-corrected chi connectivity index (χ2v) is 6.05. The molecule has 1 fully saturated rings. The van der Waals surface area contributed by atoms with Crippen molar-refractivity contribution in [3.8, 4) is 0 Å². The van der Waals surface area contributed by atoms with E-state index in [4.69, 9.17) is 5.11 Å². The third kappa shape index (κ3) is 5.13. The maximum absolute atomic E-state index is 11.3. The van der Waals surface area contributed by atoms with Gasteiger partial charge >= 0.3 is 5.97 Å². The van der Waals surface area contributed by atoms with Gasteiger partial charge in [-0.1, -0.05) is 6.92 Å². The summed E-state index contributed by atoms with van der Waals surface area (Å²) in [6.45, 7) is 2.43. The normalized spacial score (nSPS) is 18.7. The van der Waals surface area contributed by atoms with Crippen molar-refractivity contribution < 1.29 is 18.3 Å². The van der Waals surface area contributed by atoms with Gasteiger partial charge < -0.3 is 5.11 Å². The average molecular weight is 235 g/mol. The Bertz CT molecular complexity index is 321. The van der Waals surface area contributed by atoms with E-state index in [0.717, 1.165) is 0 Å². The lowest BCUT2D eigenvalue weighted by atomic mass is 10.1. The van der Waals surface area contributed by atoms with Gasteiger partial charge in [0.15, 0.2) is 0 Å². The van der Waals surface area contributed by atoms with Crippen LogP contribution in [0.25, 0.3) is 0 Å². The first-order valence-corrected chi connectivity index (χ1v) is 6.75. The monoisotopic (exact) mass is 235 g/mol. The molecule has 0 bridgehead atoms. The Kier molecular flexibility index (Phi) is 4.10. The number of rotatable bonds is 7. The molecule has 1 unspecified atom stereocenters. The summed E-state index contributed by atoms with van der Waals surface area (Å²) in [4.78, 5) is 10.2. The second kappa shape index (κ2) is 4.94. The van der Waals surface area contributed by atoms with Gasteiger partial charge in [-0.3, -0.25) is 4.79 Å². The van der Waals surface area contributed by atoms with Crippen molar-refractivity contribution in [3.05, 3.63) is 0 Å². The Morgan fingerprint density at radius 1 is 1.53 bits per heavy atom. The molecule has 0 heterocycles. The van der Waals surface area contributed by atoms with Gasteiger partial charge in [0.2, 0.25) is 10.0 Å². The number of hydrogen-bond acceptors (Lipinski definition) is 3. The van der Waals surface area contributed by atoms with Crippen molar-refractivity contribution in [3.63, 3.8) is 0 Å².